The lowest BCUT2D eigenvalue weighted by Crippen LogP contribution is -2.29. The highest BCUT2D eigenvalue weighted by Crippen LogP contribution is 2.21. The van der Waals surface area contributed by atoms with Crippen molar-refractivity contribution in [3.05, 3.63) is 20.8 Å². The Kier molecular flexibility index (Phi) is 8.48. The van der Waals surface area contributed by atoms with Gasteiger partial charge >= 0.3 is 5.69 Å². The third-order valence-electron chi connectivity index (χ3n) is 4.82. The van der Waals surface area contributed by atoms with E-state index in [-0.39, 0.29) is 5.56 Å². The average molecular weight is 381 g/mol. The number of thioether (sulfide) groups is 1. The van der Waals surface area contributed by atoms with Gasteiger partial charge in [0.15, 0.2) is 16.3 Å². The van der Waals surface area contributed by atoms with Crippen molar-refractivity contribution in [2.75, 3.05) is 5.75 Å². The molecule has 0 unspecified atom stereocenters. The van der Waals surface area contributed by atoms with Gasteiger partial charge in [-0.25, -0.2) is 9.78 Å². The van der Waals surface area contributed by atoms with E-state index in [0.717, 1.165) is 17.3 Å². The smallest absolute Gasteiger partial charge is 0.316 e. The van der Waals surface area contributed by atoms with Crippen LogP contribution in [0, 0.1) is 0 Å². The molecule has 26 heavy (non-hydrogen) atoms. The zero-order valence-corrected chi connectivity index (χ0v) is 17.2. The van der Waals surface area contributed by atoms with Crippen molar-refractivity contribution < 1.29 is 0 Å². The summed E-state index contributed by atoms with van der Waals surface area (Å²) in [6.07, 6.45) is 13.2. The van der Waals surface area contributed by atoms with E-state index in [9.17, 15) is 9.59 Å². The van der Waals surface area contributed by atoms with Gasteiger partial charge in [-0.15, -0.1) is 0 Å². The SMILES string of the molecule is CCCCCCCCCCCCSc1nc2c(c(=O)[nH]c(=O)n2C)n1C. The van der Waals surface area contributed by atoms with Gasteiger partial charge in [0.2, 0.25) is 0 Å². The molecular formula is C19H32N4O2S. The molecule has 1 N–H and O–H groups in total. The number of rotatable bonds is 12. The summed E-state index contributed by atoms with van der Waals surface area (Å²) in [6.45, 7) is 2.25. The van der Waals surface area contributed by atoms with Crippen molar-refractivity contribution in [3.63, 3.8) is 0 Å². The fraction of sp³-hybridized carbons (Fsp3) is 0.737. The third kappa shape index (κ3) is 5.50. The Morgan fingerprint density at radius 3 is 2.08 bits per heavy atom. The first kappa shape index (κ1) is 20.8. The predicted molar refractivity (Wildman–Crippen MR) is 109 cm³/mol. The highest BCUT2D eigenvalue weighted by atomic mass is 32.2. The number of nitrogens with zero attached hydrogens (tertiary/aromatic N) is 3. The Hall–Kier alpha value is -1.50. The molecule has 0 saturated heterocycles. The molecule has 0 aliphatic rings. The summed E-state index contributed by atoms with van der Waals surface area (Å²) in [6, 6.07) is 0. The molecule has 2 rings (SSSR count). The molecule has 2 aromatic rings. The van der Waals surface area contributed by atoms with Gasteiger partial charge in [0, 0.05) is 19.8 Å². The molecule has 2 aromatic heterocycles. The van der Waals surface area contributed by atoms with Crippen LogP contribution in [0.25, 0.3) is 11.2 Å². The highest BCUT2D eigenvalue weighted by molar-refractivity contribution is 7.99. The van der Waals surface area contributed by atoms with Crippen molar-refractivity contribution in [2.45, 2.75) is 76.3 Å². The second-order valence-corrected chi connectivity index (χ2v) is 8.04. The van der Waals surface area contributed by atoms with E-state index in [1.807, 2.05) is 7.05 Å². The molecule has 0 aliphatic heterocycles. The molecule has 0 radical (unpaired) electrons. The maximum Gasteiger partial charge on any atom is 0.329 e. The lowest BCUT2D eigenvalue weighted by atomic mass is 10.1. The summed E-state index contributed by atoms with van der Waals surface area (Å²) in [4.78, 5) is 30.5. The van der Waals surface area contributed by atoms with E-state index in [1.165, 1.54) is 62.4 Å². The summed E-state index contributed by atoms with van der Waals surface area (Å²) < 4.78 is 3.18. The van der Waals surface area contributed by atoms with E-state index < -0.39 is 5.69 Å². The van der Waals surface area contributed by atoms with Crippen LogP contribution >= 0.6 is 11.8 Å². The number of hydrogen-bond acceptors (Lipinski definition) is 4. The van der Waals surface area contributed by atoms with Gasteiger partial charge in [-0.3, -0.25) is 14.3 Å². The molecule has 0 bridgehead atoms. The van der Waals surface area contributed by atoms with Crippen molar-refractivity contribution >= 4 is 22.9 Å². The lowest BCUT2D eigenvalue weighted by Gasteiger charge is -2.03. The lowest BCUT2D eigenvalue weighted by molar-refractivity contribution is 0.563. The summed E-state index contributed by atoms with van der Waals surface area (Å²) in [5.74, 6) is 0.986. The van der Waals surface area contributed by atoms with Gasteiger partial charge in [0.1, 0.15) is 0 Å². The fourth-order valence-corrected chi connectivity index (χ4v) is 4.14. The standard InChI is InChI=1S/C19H32N4O2S/c1-4-5-6-7-8-9-10-11-12-13-14-26-19-20-16-15(22(19)2)17(24)21-18(25)23(16)3/h4-14H2,1-3H3,(H,21,24,25). The van der Waals surface area contributed by atoms with Gasteiger partial charge in [-0.05, 0) is 6.42 Å². The van der Waals surface area contributed by atoms with Crippen LogP contribution in [-0.4, -0.2) is 24.9 Å². The van der Waals surface area contributed by atoms with Gasteiger partial charge in [-0.1, -0.05) is 76.5 Å². The molecule has 0 aromatic carbocycles. The van der Waals surface area contributed by atoms with Crippen molar-refractivity contribution in [3.8, 4) is 0 Å². The van der Waals surface area contributed by atoms with Gasteiger partial charge < -0.3 is 4.57 Å². The molecule has 6 nitrogen and oxygen atoms in total. The number of aromatic nitrogens is 4. The number of hydrogen-bond donors (Lipinski definition) is 1. The molecule has 0 aliphatic carbocycles. The molecular weight excluding hydrogens is 348 g/mol. The van der Waals surface area contributed by atoms with Crippen LogP contribution in [0.3, 0.4) is 0 Å². The van der Waals surface area contributed by atoms with Crippen molar-refractivity contribution in [2.24, 2.45) is 14.1 Å². The summed E-state index contributed by atoms with van der Waals surface area (Å²) >= 11 is 1.66. The molecule has 0 fully saturated rings. The normalized spacial score (nSPS) is 11.5. The van der Waals surface area contributed by atoms with Crippen LogP contribution in [0.5, 0.6) is 0 Å². The Bertz CT molecular complexity index is 806. The van der Waals surface area contributed by atoms with Crippen LogP contribution < -0.4 is 11.2 Å². The number of H-pyrrole nitrogens is 1. The van der Waals surface area contributed by atoms with E-state index in [1.54, 1.807) is 23.4 Å². The van der Waals surface area contributed by atoms with Crippen LogP contribution in [0.2, 0.25) is 0 Å². The van der Waals surface area contributed by atoms with Crippen LogP contribution in [-0.2, 0) is 14.1 Å². The molecule has 0 spiro atoms. The minimum Gasteiger partial charge on any atom is -0.316 e. The first-order valence-corrected chi connectivity index (χ1v) is 10.8. The average Bonchev–Trinajstić information content (AvgIpc) is 2.95. The summed E-state index contributed by atoms with van der Waals surface area (Å²) in [5, 5.41) is 0.794. The predicted octanol–water partition coefficient (Wildman–Crippen LogP) is 3.97. The van der Waals surface area contributed by atoms with Crippen LogP contribution in [0.15, 0.2) is 14.7 Å². The Morgan fingerprint density at radius 2 is 1.46 bits per heavy atom. The number of aromatic amines is 1. The first-order valence-electron chi connectivity index (χ1n) is 9.84. The molecule has 146 valence electrons. The Labute approximate surface area is 159 Å². The largest absolute Gasteiger partial charge is 0.329 e. The van der Waals surface area contributed by atoms with Crippen molar-refractivity contribution in [1.82, 2.24) is 19.1 Å². The first-order chi connectivity index (χ1) is 12.6. The molecule has 0 saturated carbocycles. The number of imidazole rings is 1. The number of unbranched alkanes of at least 4 members (excludes halogenated alkanes) is 9. The third-order valence-corrected chi connectivity index (χ3v) is 5.94. The monoisotopic (exact) mass is 380 g/mol. The minimum atomic E-state index is -0.424. The summed E-state index contributed by atoms with van der Waals surface area (Å²) in [7, 11) is 3.46. The zero-order valence-electron chi connectivity index (χ0n) is 16.3. The van der Waals surface area contributed by atoms with E-state index in [2.05, 4.69) is 16.9 Å². The topological polar surface area (TPSA) is 72.7 Å². The second-order valence-electron chi connectivity index (χ2n) is 6.97. The molecule has 0 atom stereocenters. The van der Waals surface area contributed by atoms with E-state index in [0.29, 0.717) is 11.2 Å². The van der Waals surface area contributed by atoms with Crippen LogP contribution in [0.4, 0.5) is 0 Å². The maximum absolute atomic E-state index is 12.0. The number of aryl methyl sites for hydroxylation is 2. The highest BCUT2D eigenvalue weighted by Gasteiger charge is 2.14. The van der Waals surface area contributed by atoms with E-state index >= 15 is 0 Å². The van der Waals surface area contributed by atoms with E-state index in [4.69, 9.17) is 0 Å². The molecule has 0 amide bonds. The number of fused-ring (bicyclic) bond motifs is 1. The van der Waals surface area contributed by atoms with Crippen LogP contribution in [0.1, 0.15) is 71.1 Å². The van der Waals surface area contributed by atoms with Gasteiger partial charge in [0.25, 0.3) is 5.56 Å². The zero-order chi connectivity index (χ0) is 18.9. The van der Waals surface area contributed by atoms with Crippen molar-refractivity contribution in [1.29, 1.82) is 0 Å². The molecule has 7 heteroatoms. The second kappa shape index (κ2) is 10.6. The Morgan fingerprint density at radius 1 is 0.885 bits per heavy atom. The van der Waals surface area contributed by atoms with Gasteiger partial charge in [-0.2, -0.15) is 0 Å². The maximum atomic E-state index is 12.0. The number of nitrogens with one attached hydrogen (secondary N) is 1. The quantitative estimate of drug-likeness (QED) is 0.447. The molecule has 2 heterocycles. The minimum absolute atomic E-state index is 0.371. The fourth-order valence-electron chi connectivity index (χ4n) is 3.17. The summed E-state index contributed by atoms with van der Waals surface area (Å²) in [5.41, 5.74) is 0.111. The van der Waals surface area contributed by atoms with Gasteiger partial charge in [0.05, 0.1) is 0 Å². The Balaban J connectivity index is 1.71.